The molecule has 1 aromatic carbocycles. The lowest BCUT2D eigenvalue weighted by atomic mass is 10.2. The molecule has 0 bridgehead atoms. The van der Waals surface area contributed by atoms with Gasteiger partial charge in [-0.15, -0.1) is 0 Å². The molecule has 3 N–H and O–H groups in total. The van der Waals surface area contributed by atoms with Gasteiger partial charge in [0.15, 0.2) is 0 Å². The molecule has 1 aromatic rings. The molecule has 0 radical (unpaired) electrons. The Hall–Kier alpha value is -1.73. The molecule has 4 nitrogen and oxygen atoms in total. The molecule has 96 valence electrons. The summed E-state index contributed by atoms with van der Waals surface area (Å²) in [5.74, 6) is 0. The van der Waals surface area contributed by atoms with E-state index in [9.17, 15) is 0 Å². The molecule has 4 heteroatoms. The zero-order chi connectivity index (χ0) is 13.1. The maximum atomic E-state index is 8.87. The molecule has 0 aliphatic heterocycles. The molecule has 1 atom stereocenters. The van der Waals surface area contributed by atoms with Crippen LogP contribution >= 0.6 is 0 Å². The van der Waals surface area contributed by atoms with Gasteiger partial charge < -0.3 is 11.1 Å². The number of hydrogen-bond acceptors (Lipinski definition) is 4. The van der Waals surface area contributed by atoms with Crippen LogP contribution in [0.5, 0.6) is 0 Å². The number of anilines is 2. The van der Waals surface area contributed by atoms with Crippen LogP contribution in [0.3, 0.4) is 0 Å². The van der Waals surface area contributed by atoms with E-state index in [0.717, 1.165) is 18.3 Å². The Kier molecular flexibility index (Phi) is 3.73. The minimum Gasteiger partial charge on any atom is -0.397 e. The SMILES string of the molecule is CC(CNc1cc(C#N)ccc1N)N(C)C1CC1. The number of benzene rings is 1. The predicted molar refractivity (Wildman–Crippen MR) is 74.3 cm³/mol. The summed E-state index contributed by atoms with van der Waals surface area (Å²) >= 11 is 0. The maximum Gasteiger partial charge on any atom is 0.0992 e. The second-order valence-electron chi connectivity index (χ2n) is 5.04. The van der Waals surface area contributed by atoms with Crippen molar-refractivity contribution < 1.29 is 0 Å². The average Bonchev–Trinajstić information content (AvgIpc) is 3.20. The van der Waals surface area contributed by atoms with Crippen molar-refractivity contribution >= 4 is 11.4 Å². The van der Waals surface area contributed by atoms with E-state index in [0.29, 0.717) is 17.3 Å². The van der Waals surface area contributed by atoms with E-state index in [4.69, 9.17) is 11.0 Å². The van der Waals surface area contributed by atoms with Gasteiger partial charge in [0.25, 0.3) is 0 Å². The van der Waals surface area contributed by atoms with E-state index < -0.39 is 0 Å². The summed E-state index contributed by atoms with van der Waals surface area (Å²) < 4.78 is 0. The van der Waals surface area contributed by atoms with Crippen molar-refractivity contribution in [1.29, 1.82) is 5.26 Å². The number of nitrogens with one attached hydrogen (secondary N) is 1. The molecule has 0 spiro atoms. The van der Waals surface area contributed by atoms with E-state index >= 15 is 0 Å². The first-order valence-corrected chi connectivity index (χ1v) is 6.37. The quantitative estimate of drug-likeness (QED) is 0.778. The summed E-state index contributed by atoms with van der Waals surface area (Å²) in [5.41, 5.74) is 8.07. The second-order valence-corrected chi connectivity index (χ2v) is 5.04. The third-order valence-corrected chi connectivity index (χ3v) is 3.59. The summed E-state index contributed by atoms with van der Waals surface area (Å²) in [7, 11) is 2.17. The number of likely N-dealkylation sites (N-methyl/N-ethyl adjacent to an activating group) is 1. The van der Waals surface area contributed by atoms with Gasteiger partial charge in [-0.25, -0.2) is 0 Å². The fourth-order valence-electron chi connectivity index (χ4n) is 2.02. The lowest BCUT2D eigenvalue weighted by Gasteiger charge is -2.25. The van der Waals surface area contributed by atoms with Gasteiger partial charge >= 0.3 is 0 Å². The Morgan fingerprint density at radius 2 is 2.28 bits per heavy atom. The average molecular weight is 244 g/mol. The van der Waals surface area contributed by atoms with Gasteiger partial charge in [-0.3, -0.25) is 4.90 Å². The highest BCUT2D eigenvalue weighted by Gasteiger charge is 2.28. The molecule has 1 unspecified atom stereocenters. The fraction of sp³-hybridized carbons (Fsp3) is 0.500. The monoisotopic (exact) mass is 244 g/mol. The van der Waals surface area contributed by atoms with Gasteiger partial charge in [-0.05, 0) is 45.0 Å². The van der Waals surface area contributed by atoms with E-state index in [1.165, 1.54) is 12.8 Å². The van der Waals surface area contributed by atoms with Crippen LogP contribution in [-0.2, 0) is 0 Å². The first-order chi connectivity index (χ1) is 8.61. The maximum absolute atomic E-state index is 8.87. The van der Waals surface area contributed by atoms with Crippen molar-refractivity contribution in [2.45, 2.75) is 31.8 Å². The number of nitriles is 1. The fourth-order valence-corrected chi connectivity index (χ4v) is 2.02. The largest absolute Gasteiger partial charge is 0.397 e. The normalized spacial score (nSPS) is 16.3. The molecule has 18 heavy (non-hydrogen) atoms. The Morgan fingerprint density at radius 1 is 1.56 bits per heavy atom. The highest BCUT2D eigenvalue weighted by molar-refractivity contribution is 5.68. The molecule has 1 fully saturated rings. The van der Waals surface area contributed by atoms with Gasteiger partial charge in [-0.2, -0.15) is 5.26 Å². The number of nitrogens with zero attached hydrogens (tertiary/aromatic N) is 2. The molecule has 0 saturated heterocycles. The van der Waals surface area contributed by atoms with Gasteiger partial charge in [0.05, 0.1) is 23.0 Å². The molecule has 2 rings (SSSR count). The second kappa shape index (κ2) is 5.28. The Balaban J connectivity index is 1.94. The molecule has 0 aromatic heterocycles. The minimum atomic E-state index is 0.461. The van der Waals surface area contributed by atoms with Crippen molar-refractivity contribution in [3.05, 3.63) is 23.8 Å². The van der Waals surface area contributed by atoms with Crippen LogP contribution in [0.4, 0.5) is 11.4 Å². The van der Waals surface area contributed by atoms with Crippen molar-refractivity contribution in [2.24, 2.45) is 0 Å². The lowest BCUT2D eigenvalue weighted by Crippen LogP contribution is -2.36. The Bertz CT molecular complexity index is 459. The third-order valence-electron chi connectivity index (χ3n) is 3.59. The van der Waals surface area contributed by atoms with E-state index in [1.54, 1.807) is 18.2 Å². The van der Waals surface area contributed by atoms with Crippen LogP contribution in [0.15, 0.2) is 18.2 Å². The zero-order valence-electron chi connectivity index (χ0n) is 11.0. The van der Waals surface area contributed by atoms with Crippen molar-refractivity contribution in [3.63, 3.8) is 0 Å². The van der Waals surface area contributed by atoms with Crippen LogP contribution in [0, 0.1) is 11.3 Å². The van der Waals surface area contributed by atoms with Crippen molar-refractivity contribution in [1.82, 2.24) is 4.90 Å². The van der Waals surface area contributed by atoms with Gasteiger partial charge in [0, 0.05) is 18.6 Å². The smallest absolute Gasteiger partial charge is 0.0992 e. The van der Waals surface area contributed by atoms with Crippen LogP contribution < -0.4 is 11.1 Å². The van der Waals surface area contributed by atoms with Crippen LogP contribution in [0.25, 0.3) is 0 Å². The van der Waals surface area contributed by atoms with Crippen molar-refractivity contribution in [3.8, 4) is 6.07 Å². The van der Waals surface area contributed by atoms with Gasteiger partial charge in [0.1, 0.15) is 0 Å². The highest BCUT2D eigenvalue weighted by Crippen LogP contribution is 2.27. The van der Waals surface area contributed by atoms with Crippen LogP contribution in [0.2, 0.25) is 0 Å². The Morgan fingerprint density at radius 3 is 2.89 bits per heavy atom. The van der Waals surface area contributed by atoms with E-state index in [2.05, 4.69) is 30.3 Å². The zero-order valence-corrected chi connectivity index (χ0v) is 11.0. The number of rotatable bonds is 5. The lowest BCUT2D eigenvalue weighted by molar-refractivity contribution is 0.257. The molecule has 0 heterocycles. The van der Waals surface area contributed by atoms with Crippen LogP contribution in [0.1, 0.15) is 25.3 Å². The molecular weight excluding hydrogens is 224 g/mol. The topological polar surface area (TPSA) is 65.1 Å². The van der Waals surface area contributed by atoms with Gasteiger partial charge in [-0.1, -0.05) is 0 Å². The number of hydrogen-bond donors (Lipinski definition) is 2. The van der Waals surface area contributed by atoms with Crippen molar-refractivity contribution in [2.75, 3.05) is 24.6 Å². The summed E-state index contributed by atoms with van der Waals surface area (Å²) in [5, 5.41) is 12.2. The van der Waals surface area contributed by atoms with E-state index in [-0.39, 0.29) is 0 Å². The van der Waals surface area contributed by atoms with Crippen LogP contribution in [-0.4, -0.2) is 30.6 Å². The molecule has 0 amide bonds. The number of nitrogens with two attached hydrogens (primary N) is 1. The summed E-state index contributed by atoms with van der Waals surface area (Å²) in [4.78, 5) is 2.40. The predicted octanol–water partition coefficient (Wildman–Crippen LogP) is 2.04. The number of nitrogen functional groups attached to an aromatic ring is 1. The summed E-state index contributed by atoms with van der Waals surface area (Å²) in [6, 6.07) is 8.66. The summed E-state index contributed by atoms with van der Waals surface area (Å²) in [6.45, 7) is 3.04. The first kappa shape index (κ1) is 12.7. The Labute approximate surface area is 108 Å². The summed E-state index contributed by atoms with van der Waals surface area (Å²) in [6.07, 6.45) is 2.62. The molecule has 1 aliphatic carbocycles. The standard InChI is InChI=1S/C14H20N4/c1-10(18(2)12-4-5-12)9-17-14-7-11(8-15)3-6-13(14)16/h3,6-7,10,12,17H,4-5,9,16H2,1-2H3. The minimum absolute atomic E-state index is 0.461. The highest BCUT2D eigenvalue weighted by atomic mass is 15.2. The molecular formula is C14H20N4. The molecule has 1 saturated carbocycles. The molecule has 1 aliphatic rings. The van der Waals surface area contributed by atoms with E-state index in [1.807, 2.05) is 0 Å². The third kappa shape index (κ3) is 2.93. The first-order valence-electron chi connectivity index (χ1n) is 6.37. The van der Waals surface area contributed by atoms with Gasteiger partial charge in [0.2, 0.25) is 0 Å².